The lowest BCUT2D eigenvalue weighted by Gasteiger charge is -2.35. The van der Waals surface area contributed by atoms with Gasteiger partial charge in [-0.25, -0.2) is 8.42 Å². The molecule has 5 rings (SSSR count). The molecule has 2 amide bonds. The van der Waals surface area contributed by atoms with Crippen LogP contribution in [0.1, 0.15) is 48.8 Å². The molecule has 0 radical (unpaired) electrons. The van der Waals surface area contributed by atoms with Crippen LogP contribution in [0.15, 0.2) is 106 Å². The lowest BCUT2D eigenvalue weighted by atomic mass is 9.94. The van der Waals surface area contributed by atoms with Gasteiger partial charge >= 0.3 is 0 Å². The minimum absolute atomic E-state index is 0.0162. The van der Waals surface area contributed by atoms with Gasteiger partial charge in [-0.1, -0.05) is 95.4 Å². The van der Waals surface area contributed by atoms with Crippen molar-refractivity contribution in [1.82, 2.24) is 10.2 Å². The summed E-state index contributed by atoms with van der Waals surface area (Å²) < 4.78 is 41.7. The maximum Gasteiger partial charge on any atom is 0.264 e. The highest BCUT2D eigenvalue weighted by atomic mass is 79.9. The molecule has 1 unspecified atom stereocenters. The predicted octanol–water partition coefficient (Wildman–Crippen LogP) is 7.06. The van der Waals surface area contributed by atoms with Gasteiger partial charge in [0.25, 0.3) is 10.0 Å². The van der Waals surface area contributed by atoms with Gasteiger partial charge in [0.05, 0.1) is 24.8 Å². The summed E-state index contributed by atoms with van der Waals surface area (Å²) in [5.41, 5.74) is 2.78. The van der Waals surface area contributed by atoms with E-state index in [1.54, 1.807) is 24.3 Å². The first-order chi connectivity index (χ1) is 24.1. The molecule has 1 fully saturated rings. The number of carbonyl (C=O) groups excluding carboxylic acids is 2. The molecule has 1 aliphatic carbocycles. The number of hydrogen-bond donors (Lipinski definition) is 1. The molecule has 1 saturated carbocycles. The predicted molar refractivity (Wildman–Crippen MR) is 199 cm³/mol. The summed E-state index contributed by atoms with van der Waals surface area (Å²) in [7, 11) is -1.31. The van der Waals surface area contributed by atoms with Crippen LogP contribution in [0, 0.1) is 6.92 Å². The molecule has 0 spiro atoms. The van der Waals surface area contributed by atoms with E-state index in [4.69, 9.17) is 9.47 Å². The summed E-state index contributed by atoms with van der Waals surface area (Å²) in [6.07, 6.45) is 5.21. The summed E-state index contributed by atoms with van der Waals surface area (Å²) in [6.45, 7) is 1.39. The van der Waals surface area contributed by atoms with Crippen LogP contribution in [0.2, 0.25) is 0 Å². The second-order valence-electron chi connectivity index (χ2n) is 12.6. The Bertz CT molecular complexity index is 1860. The standard InChI is InChI=1S/C39H44BrN3O6S/c1-28-17-20-34(21-18-28)50(46,47)43(33-19-22-36(48-2)37(25-33)49-3)27-38(44)42(26-30-13-10-14-31(40)23-30)35(24-29-11-6-4-7-12-29)39(45)41-32-15-8-5-9-16-32/h4,6-7,10-14,17-23,25,32,35H,5,8-9,15-16,24,26-27H2,1-3H3,(H,41,45). The summed E-state index contributed by atoms with van der Waals surface area (Å²) >= 11 is 3.54. The average molecular weight is 763 g/mol. The maximum atomic E-state index is 14.8. The third-order valence-electron chi connectivity index (χ3n) is 9.01. The van der Waals surface area contributed by atoms with Crippen molar-refractivity contribution in [2.75, 3.05) is 25.1 Å². The van der Waals surface area contributed by atoms with Gasteiger partial charge in [-0.2, -0.15) is 0 Å². The number of nitrogens with one attached hydrogen (secondary N) is 1. The number of rotatable bonds is 14. The minimum atomic E-state index is -4.27. The molecular formula is C39H44BrN3O6S. The van der Waals surface area contributed by atoms with Crippen molar-refractivity contribution in [1.29, 1.82) is 0 Å². The Morgan fingerprint density at radius 3 is 2.18 bits per heavy atom. The van der Waals surface area contributed by atoms with Gasteiger partial charge < -0.3 is 19.7 Å². The molecule has 0 heterocycles. The highest BCUT2D eigenvalue weighted by molar-refractivity contribution is 9.10. The van der Waals surface area contributed by atoms with Crippen molar-refractivity contribution >= 4 is 43.5 Å². The van der Waals surface area contributed by atoms with Crippen molar-refractivity contribution in [2.45, 2.75) is 69.0 Å². The number of halogens is 1. The highest BCUT2D eigenvalue weighted by Gasteiger charge is 2.35. The normalized spacial score (nSPS) is 14.0. The SMILES string of the molecule is COc1ccc(N(CC(=O)N(Cc2cccc(Br)c2)C(Cc2ccccc2)C(=O)NC2CCCCC2)S(=O)(=O)c2ccc(C)cc2)cc1OC. The number of carbonyl (C=O) groups is 2. The Hall–Kier alpha value is -4.35. The van der Waals surface area contributed by atoms with Gasteiger partial charge in [-0.15, -0.1) is 0 Å². The molecule has 4 aromatic carbocycles. The molecule has 11 heteroatoms. The van der Waals surface area contributed by atoms with Crippen LogP contribution < -0.4 is 19.1 Å². The zero-order chi connectivity index (χ0) is 35.7. The summed E-state index contributed by atoms with van der Waals surface area (Å²) in [4.78, 5) is 30.7. The molecule has 50 heavy (non-hydrogen) atoms. The number of hydrogen-bond acceptors (Lipinski definition) is 6. The second kappa shape index (κ2) is 17.0. The number of nitrogens with zero attached hydrogens (tertiary/aromatic N) is 2. The van der Waals surface area contributed by atoms with Crippen molar-refractivity contribution in [3.63, 3.8) is 0 Å². The molecule has 0 aliphatic heterocycles. The first-order valence-electron chi connectivity index (χ1n) is 16.8. The lowest BCUT2D eigenvalue weighted by Crippen LogP contribution is -2.55. The molecule has 0 saturated heterocycles. The quantitative estimate of drug-likeness (QED) is 0.148. The number of aryl methyl sites for hydroxylation is 1. The van der Waals surface area contributed by atoms with Crippen molar-refractivity contribution in [2.24, 2.45) is 0 Å². The van der Waals surface area contributed by atoms with E-state index >= 15 is 0 Å². The molecule has 264 valence electrons. The van der Waals surface area contributed by atoms with Crippen LogP contribution in [0.25, 0.3) is 0 Å². The Morgan fingerprint density at radius 1 is 0.840 bits per heavy atom. The Balaban J connectivity index is 1.59. The fourth-order valence-electron chi connectivity index (χ4n) is 6.28. The molecule has 0 aromatic heterocycles. The summed E-state index contributed by atoms with van der Waals surface area (Å²) in [5, 5.41) is 3.24. The van der Waals surface area contributed by atoms with Crippen LogP contribution in [-0.4, -0.2) is 58.0 Å². The number of anilines is 1. The van der Waals surface area contributed by atoms with Crippen LogP contribution in [0.4, 0.5) is 5.69 Å². The lowest BCUT2D eigenvalue weighted by molar-refractivity contribution is -0.140. The van der Waals surface area contributed by atoms with Crippen LogP contribution in [0.3, 0.4) is 0 Å². The van der Waals surface area contributed by atoms with Gasteiger partial charge in [0.1, 0.15) is 12.6 Å². The van der Waals surface area contributed by atoms with E-state index < -0.39 is 28.5 Å². The molecule has 1 atom stereocenters. The monoisotopic (exact) mass is 761 g/mol. The maximum absolute atomic E-state index is 14.8. The third kappa shape index (κ3) is 9.25. The smallest absolute Gasteiger partial charge is 0.264 e. The Kier molecular flexibility index (Phi) is 12.6. The summed E-state index contributed by atoms with van der Waals surface area (Å²) in [6, 6.07) is 27.4. The van der Waals surface area contributed by atoms with E-state index in [0.717, 1.165) is 57.6 Å². The molecule has 4 aromatic rings. The van der Waals surface area contributed by atoms with E-state index in [1.807, 2.05) is 61.5 Å². The number of sulfonamides is 1. The topological polar surface area (TPSA) is 105 Å². The number of methoxy groups -OCH3 is 2. The van der Waals surface area contributed by atoms with Crippen molar-refractivity contribution in [3.05, 3.63) is 118 Å². The van der Waals surface area contributed by atoms with E-state index in [9.17, 15) is 18.0 Å². The van der Waals surface area contributed by atoms with E-state index in [1.165, 1.54) is 37.3 Å². The molecular weight excluding hydrogens is 718 g/mol. The largest absolute Gasteiger partial charge is 0.493 e. The van der Waals surface area contributed by atoms with Crippen molar-refractivity contribution in [3.8, 4) is 11.5 Å². The van der Waals surface area contributed by atoms with Gasteiger partial charge in [-0.3, -0.25) is 13.9 Å². The van der Waals surface area contributed by atoms with Gasteiger partial charge in [0.2, 0.25) is 11.8 Å². The average Bonchev–Trinajstić information content (AvgIpc) is 3.12. The van der Waals surface area contributed by atoms with Crippen LogP contribution in [0.5, 0.6) is 11.5 Å². The fraction of sp³-hybridized carbons (Fsp3) is 0.333. The summed E-state index contributed by atoms with van der Waals surface area (Å²) in [5.74, 6) is -0.0754. The fourth-order valence-corrected chi connectivity index (χ4v) is 8.13. The minimum Gasteiger partial charge on any atom is -0.493 e. The highest BCUT2D eigenvalue weighted by Crippen LogP contribution is 2.34. The number of ether oxygens (including phenoxy) is 2. The zero-order valence-electron chi connectivity index (χ0n) is 28.7. The molecule has 1 N–H and O–H groups in total. The van der Waals surface area contributed by atoms with Gasteiger partial charge in [-0.05, 0) is 67.3 Å². The Labute approximate surface area is 303 Å². The van der Waals surface area contributed by atoms with Gasteiger partial charge in [0, 0.05) is 29.5 Å². The molecule has 0 bridgehead atoms. The Morgan fingerprint density at radius 2 is 1.52 bits per heavy atom. The van der Waals surface area contributed by atoms with E-state index in [0.29, 0.717) is 11.5 Å². The first kappa shape index (κ1) is 36.9. The molecule has 9 nitrogen and oxygen atoms in total. The number of amides is 2. The van der Waals surface area contributed by atoms with Crippen LogP contribution >= 0.6 is 15.9 Å². The second-order valence-corrected chi connectivity index (χ2v) is 15.3. The van der Waals surface area contributed by atoms with Crippen molar-refractivity contribution < 1.29 is 27.5 Å². The zero-order valence-corrected chi connectivity index (χ0v) is 31.1. The molecule has 1 aliphatic rings. The van der Waals surface area contributed by atoms with E-state index in [2.05, 4.69) is 21.2 Å². The first-order valence-corrected chi connectivity index (χ1v) is 19.0. The van der Waals surface area contributed by atoms with E-state index in [-0.39, 0.29) is 35.5 Å². The number of benzene rings is 4. The van der Waals surface area contributed by atoms with Gasteiger partial charge in [0.15, 0.2) is 11.5 Å². The van der Waals surface area contributed by atoms with Crippen LogP contribution in [-0.2, 0) is 32.6 Å². The third-order valence-corrected chi connectivity index (χ3v) is 11.3.